The van der Waals surface area contributed by atoms with E-state index < -0.39 is 34.4 Å². The Balaban J connectivity index is 3.34. The average Bonchev–Trinajstić information content (AvgIpc) is 2.42. The number of hydrogen-bond donors (Lipinski definition) is 1. The summed E-state index contributed by atoms with van der Waals surface area (Å²) >= 11 is 0. The van der Waals surface area contributed by atoms with Gasteiger partial charge in [-0.15, -0.1) is 0 Å². The predicted octanol–water partition coefficient (Wildman–Crippen LogP) is 3.04. The number of carbonyl (C=O) groups is 2. The van der Waals surface area contributed by atoms with Crippen LogP contribution in [-0.4, -0.2) is 51.0 Å². The lowest BCUT2D eigenvalue weighted by Gasteiger charge is -2.44. The molecule has 1 N–H and O–H groups in total. The highest BCUT2D eigenvalue weighted by Crippen LogP contribution is 2.49. The lowest BCUT2D eigenvalue weighted by atomic mass is 9.77. The standard InChI is InChI=1S/C16H29NO5/c1-9-17(12(20)21-13(2,3)4)16(11(18)19)10-14(5,6)22-15(16,7)8/h9-10H2,1-8H3,(H,18,19). The van der Waals surface area contributed by atoms with E-state index in [1.165, 1.54) is 4.90 Å². The molecular weight excluding hydrogens is 286 g/mol. The van der Waals surface area contributed by atoms with Crippen molar-refractivity contribution >= 4 is 12.1 Å². The molecule has 1 saturated heterocycles. The van der Waals surface area contributed by atoms with E-state index in [2.05, 4.69) is 0 Å². The lowest BCUT2D eigenvalue weighted by molar-refractivity contribution is -0.164. The monoisotopic (exact) mass is 315 g/mol. The quantitative estimate of drug-likeness (QED) is 0.866. The maximum Gasteiger partial charge on any atom is 0.411 e. The van der Waals surface area contributed by atoms with Crippen LogP contribution in [0.5, 0.6) is 0 Å². The Bertz CT molecular complexity index is 464. The number of amides is 1. The maximum atomic E-state index is 12.6. The van der Waals surface area contributed by atoms with E-state index in [1.54, 1.807) is 41.5 Å². The lowest BCUT2D eigenvalue weighted by Crippen LogP contribution is -2.66. The fourth-order valence-corrected chi connectivity index (χ4v) is 3.38. The van der Waals surface area contributed by atoms with E-state index in [9.17, 15) is 14.7 Å². The van der Waals surface area contributed by atoms with Gasteiger partial charge in [-0.25, -0.2) is 9.59 Å². The number of nitrogens with zero attached hydrogens (tertiary/aromatic N) is 1. The molecule has 1 fully saturated rings. The van der Waals surface area contributed by atoms with Crippen molar-refractivity contribution in [2.24, 2.45) is 0 Å². The number of carboxylic acid groups (broad SMARTS) is 1. The van der Waals surface area contributed by atoms with Crippen molar-refractivity contribution in [3.63, 3.8) is 0 Å². The molecule has 0 aliphatic carbocycles. The number of likely N-dealkylation sites (N-methyl/N-ethyl adjacent to an activating group) is 1. The van der Waals surface area contributed by atoms with Crippen LogP contribution < -0.4 is 0 Å². The second kappa shape index (κ2) is 5.41. The molecule has 0 aromatic rings. The SMILES string of the molecule is CCN(C(=O)OC(C)(C)C)C1(C(=O)O)CC(C)(C)OC1(C)C. The molecule has 6 heteroatoms. The summed E-state index contributed by atoms with van der Waals surface area (Å²) in [5.41, 5.74) is -3.83. The minimum absolute atomic E-state index is 0.204. The van der Waals surface area contributed by atoms with Crippen LogP contribution in [-0.2, 0) is 14.3 Å². The zero-order chi connectivity index (χ0) is 17.6. The molecule has 0 aromatic heterocycles. The molecule has 0 aromatic carbocycles. The highest BCUT2D eigenvalue weighted by Gasteiger charge is 2.66. The van der Waals surface area contributed by atoms with Gasteiger partial charge in [-0.05, 0) is 55.4 Å². The molecule has 1 atom stereocenters. The molecule has 1 rings (SSSR count). The topological polar surface area (TPSA) is 76.1 Å². The Kier molecular flexibility index (Phi) is 4.61. The number of carbonyl (C=O) groups excluding carboxylic acids is 1. The van der Waals surface area contributed by atoms with Crippen molar-refractivity contribution in [3.8, 4) is 0 Å². The summed E-state index contributed by atoms with van der Waals surface area (Å²) in [6.45, 7) is 14.3. The molecule has 22 heavy (non-hydrogen) atoms. The van der Waals surface area contributed by atoms with E-state index in [0.29, 0.717) is 0 Å². The summed E-state index contributed by atoms with van der Waals surface area (Å²) in [5, 5.41) is 9.95. The van der Waals surface area contributed by atoms with Gasteiger partial charge in [-0.1, -0.05) is 0 Å². The zero-order valence-corrected chi connectivity index (χ0v) is 14.9. The second-order valence-corrected chi connectivity index (χ2v) is 7.94. The third-order valence-electron chi connectivity index (χ3n) is 3.95. The Morgan fingerprint density at radius 2 is 1.73 bits per heavy atom. The summed E-state index contributed by atoms with van der Waals surface area (Å²) in [6, 6.07) is 0. The smallest absolute Gasteiger partial charge is 0.411 e. The molecule has 1 aliphatic rings. The first-order valence-corrected chi connectivity index (χ1v) is 7.63. The molecule has 128 valence electrons. The van der Waals surface area contributed by atoms with Crippen LogP contribution in [0, 0.1) is 0 Å². The van der Waals surface area contributed by atoms with E-state index in [0.717, 1.165) is 0 Å². The number of hydrogen-bond acceptors (Lipinski definition) is 4. The third-order valence-corrected chi connectivity index (χ3v) is 3.95. The van der Waals surface area contributed by atoms with Gasteiger partial charge in [-0.3, -0.25) is 4.90 Å². The molecule has 1 unspecified atom stereocenters. The minimum Gasteiger partial charge on any atom is -0.479 e. The highest BCUT2D eigenvalue weighted by molar-refractivity contribution is 5.86. The van der Waals surface area contributed by atoms with Crippen molar-refractivity contribution in [1.82, 2.24) is 4.90 Å². The van der Waals surface area contributed by atoms with Crippen LogP contribution in [0.1, 0.15) is 61.8 Å². The number of aliphatic carboxylic acids is 1. The van der Waals surface area contributed by atoms with Crippen LogP contribution in [0.15, 0.2) is 0 Å². The van der Waals surface area contributed by atoms with Crippen LogP contribution in [0.2, 0.25) is 0 Å². The largest absolute Gasteiger partial charge is 0.479 e. The first-order chi connectivity index (χ1) is 9.68. The summed E-state index contributed by atoms with van der Waals surface area (Å²) in [5.74, 6) is -1.07. The van der Waals surface area contributed by atoms with Gasteiger partial charge >= 0.3 is 12.1 Å². The summed E-state index contributed by atoms with van der Waals surface area (Å²) in [6.07, 6.45) is -0.429. The Hall–Kier alpha value is -1.30. The van der Waals surface area contributed by atoms with Gasteiger partial charge in [0.05, 0.1) is 11.2 Å². The van der Waals surface area contributed by atoms with Gasteiger partial charge in [0, 0.05) is 13.0 Å². The fraction of sp³-hybridized carbons (Fsp3) is 0.875. The predicted molar refractivity (Wildman–Crippen MR) is 82.8 cm³/mol. The third kappa shape index (κ3) is 3.21. The van der Waals surface area contributed by atoms with Crippen molar-refractivity contribution in [3.05, 3.63) is 0 Å². The van der Waals surface area contributed by atoms with Gasteiger partial charge in [0.15, 0.2) is 5.54 Å². The average molecular weight is 315 g/mol. The summed E-state index contributed by atoms with van der Waals surface area (Å²) < 4.78 is 11.4. The Morgan fingerprint density at radius 3 is 2.00 bits per heavy atom. The van der Waals surface area contributed by atoms with E-state index in [-0.39, 0.29) is 13.0 Å². The van der Waals surface area contributed by atoms with Crippen LogP contribution in [0.4, 0.5) is 4.79 Å². The molecule has 0 radical (unpaired) electrons. The maximum absolute atomic E-state index is 12.6. The van der Waals surface area contributed by atoms with Crippen molar-refractivity contribution in [2.45, 2.75) is 84.2 Å². The van der Waals surface area contributed by atoms with E-state index >= 15 is 0 Å². The number of rotatable bonds is 3. The normalized spacial score (nSPS) is 26.5. The van der Waals surface area contributed by atoms with Gasteiger partial charge in [0.25, 0.3) is 0 Å². The molecule has 1 amide bonds. The van der Waals surface area contributed by atoms with Crippen molar-refractivity contribution in [1.29, 1.82) is 0 Å². The summed E-state index contributed by atoms with van der Waals surface area (Å²) in [7, 11) is 0. The van der Waals surface area contributed by atoms with Crippen LogP contribution in [0.3, 0.4) is 0 Å². The molecular formula is C16H29NO5. The number of carboxylic acids is 1. The van der Waals surface area contributed by atoms with Gasteiger partial charge in [-0.2, -0.15) is 0 Å². The first kappa shape index (κ1) is 18.7. The van der Waals surface area contributed by atoms with Crippen LogP contribution in [0.25, 0.3) is 0 Å². The van der Waals surface area contributed by atoms with Crippen molar-refractivity contribution in [2.75, 3.05) is 6.54 Å². The fourth-order valence-electron chi connectivity index (χ4n) is 3.38. The molecule has 0 saturated carbocycles. The first-order valence-electron chi connectivity index (χ1n) is 7.63. The molecule has 1 aliphatic heterocycles. The molecule has 6 nitrogen and oxygen atoms in total. The second-order valence-electron chi connectivity index (χ2n) is 7.94. The summed E-state index contributed by atoms with van der Waals surface area (Å²) in [4.78, 5) is 26.0. The zero-order valence-electron chi connectivity index (χ0n) is 14.9. The van der Waals surface area contributed by atoms with Gasteiger partial charge < -0.3 is 14.6 Å². The Morgan fingerprint density at radius 1 is 1.23 bits per heavy atom. The Labute approximate surface area is 132 Å². The number of ether oxygens (including phenoxy) is 2. The van der Waals surface area contributed by atoms with Gasteiger partial charge in [0.2, 0.25) is 0 Å². The van der Waals surface area contributed by atoms with E-state index in [4.69, 9.17) is 9.47 Å². The molecule has 0 bridgehead atoms. The molecule has 0 spiro atoms. The highest BCUT2D eigenvalue weighted by atomic mass is 16.6. The molecule has 1 heterocycles. The van der Waals surface area contributed by atoms with Crippen LogP contribution >= 0.6 is 0 Å². The van der Waals surface area contributed by atoms with Gasteiger partial charge in [0.1, 0.15) is 5.60 Å². The van der Waals surface area contributed by atoms with Crippen molar-refractivity contribution < 1.29 is 24.2 Å². The van der Waals surface area contributed by atoms with E-state index in [1.807, 2.05) is 13.8 Å². The minimum atomic E-state index is -1.46.